The van der Waals surface area contributed by atoms with Crippen molar-refractivity contribution >= 4 is 22.5 Å². The van der Waals surface area contributed by atoms with Gasteiger partial charge in [-0.2, -0.15) is 14.0 Å². The summed E-state index contributed by atoms with van der Waals surface area (Å²) >= 11 is 0. The smallest absolute Gasteiger partial charge is 0.387 e. The number of nitrogens with one attached hydrogen (secondary N) is 1. The van der Waals surface area contributed by atoms with Crippen molar-refractivity contribution in [3.8, 4) is 11.8 Å². The first-order valence-corrected chi connectivity index (χ1v) is 9.52. The van der Waals surface area contributed by atoms with Crippen LogP contribution in [0.15, 0.2) is 48.7 Å². The van der Waals surface area contributed by atoms with Crippen molar-refractivity contribution in [3.05, 3.63) is 65.6 Å². The van der Waals surface area contributed by atoms with Crippen LogP contribution in [-0.2, 0) is 11.3 Å². The lowest BCUT2D eigenvalue weighted by Gasteiger charge is -2.19. The second kappa shape index (κ2) is 8.52. The van der Waals surface area contributed by atoms with E-state index in [-0.39, 0.29) is 23.0 Å². The summed E-state index contributed by atoms with van der Waals surface area (Å²) in [6.45, 7) is -2.16. The Labute approximate surface area is 175 Å². The van der Waals surface area contributed by atoms with Gasteiger partial charge in [-0.05, 0) is 42.3 Å². The molecule has 1 fully saturated rings. The van der Waals surface area contributed by atoms with Gasteiger partial charge in [0, 0.05) is 24.7 Å². The van der Waals surface area contributed by atoms with Gasteiger partial charge in [-0.15, -0.1) is 0 Å². The Morgan fingerprint density at radius 1 is 1.26 bits per heavy atom. The lowest BCUT2D eigenvalue weighted by atomic mass is 10.1. The number of fused-ring (bicyclic) bond motifs is 1. The van der Waals surface area contributed by atoms with Crippen LogP contribution < -0.4 is 10.1 Å². The van der Waals surface area contributed by atoms with E-state index in [0.29, 0.717) is 36.1 Å². The molecule has 3 aromatic rings. The van der Waals surface area contributed by atoms with Gasteiger partial charge in [0.25, 0.3) is 0 Å². The van der Waals surface area contributed by atoms with Crippen molar-refractivity contribution in [1.29, 1.82) is 5.26 Å². The molecule has 2 aromatic carbocycles. The maximum absolute atomic E-state index is 13.1. The summed E-state index contributed by atoms with van der Waals surface area (Å²) in [5.41, 5.74) is 1.80. The summed E-state index contributed by atoms with van der Waals surface area (Å²) in [6.07, 6.45) is 1.86. The highest BCUT2D eigenvalue weighted by Crippen LogP contribution is 2.31. The van der Waals surface area contributed by atoms with Crippen molar-refractivity contribution in [3.63, 3.8) is 0 Å². The van der Waals surface area contributed by atoms with Crippen molar-refractivity contribution in [2.45, 2.75) is 25.6 Å². The molecule has 1 saturated heterocycles. The van der Waals surface area contributed by atoms with Crippen LogP contribution in [0, 0.1) is 17.1 Å². The summed E-state index contributed by atoms with van der Waals surface area (Å²) in [6, 6.07) is 11.6. The second-order valence-corrected chi connectivity index (χ2v) is 7.09. The minimum atomic E-state index is -2.99. The summed E-state index contributed by atoms with van der Waals surface area (Å²) in [7, 11) is 0. The lowest BCUT2D eigenvalue weighted by Crippen LogP contribution is -2.33. The van der Waals surface area contributed by atoms with Crippen LogP contribution in [0.1, 0.15) is 17.5 Å². The van der Waals surface area contributed by atoms with Gasteiger partial charge in [0.15, 0.2) is 0 Å². The summed E-state index contributed by atoms with van der Waals surface area (Å²) in [5, 5.41) is 13.0. The maximum atomic E-state index is 13.1. The van der Waals surface area contributed by atoms with Crippen LogP contribution in [0.5, 0.6) is 5.75 Å². The zero-order chi connectivity index (χ0) is 22.0. The van der Waals surface area contributed by atoms with Gasteiger partial charge in [-0.1, -0.05) is 12.1 Å². The van der Waals surface area contributed by atoms with E-state index in [1.807, 2.05) is 6.07 Å². The Morgan fingerprint density at radius 3 is 2.74 bits per heavy atom. The van der Waals surface area contributed by atoms with Gasteiger partial charge >= 0.3 is 6.61 Å². The van der Waals surface area contributed by atoms with E-state index in [1.54, 1.807) is 17.0 Å². The third kappa shape index (κ3) is 4.38. The highest BCUT2D eigenvalue weighted by Gasteiger charge is 2.32. The van der Waals surface area contributed by atoms with Crippen molar-refractivity contribution < 1.29 is 22.7 Å². The molecule has 2 heterocycles. The van der Waals surface area contributed by atoms with E-state index in [1.165, 1.54) is 36.5 Å². The fraction of sp³-hybridized carbons (Fsp3) is 0.227. The molecule has 9 heteroatoms. The number of likely N-dealkylation sites (tertiary alicyclic amines) is 1. The SMILES string of the molecule is N#Cc1cnc2ccc(OC(F)F)cc2c1NC1CCN(Cc2ccc(F)cc2)C1=O. The Kier molecular flexibility index (Phi) is 5.62. The number of rotatable bonds is 6. The minimum Gasteiger partial charge on any atom is -0.435 e. The summed E-state index contributed by atoms with van der Waals surface area (Å²) in [5.74, 6) is -0.587. The Balaban J connectivity index is 1.59. The summed E-state index contributed by atoms with van der Waals surface area (Å²) < 4.78 is 42.8. The molecule has 158 valence electrons. The normalized spacial score (nSPS) is 16.0. The molecular weight excluding hydrogens is 409 g/mol. The molecule has 0 radical (unpaired) electrons. The molecule has 31 heavy (non-hydrogen) atoms. The molecule has 0 bridgehead atoms. The molecule has 1 aromatic heterocycles. The van der Waals surface area contributed by atoms with Gasteiger partial charge in [0.05, 0.1) is 16.8 Å². The first-order chi connectivity index (χ1) is 14.9. The predicted octanol–water partition coefficient (Wildman–Crippen LogP) is 4.06. The van der Waals surface area contributed by atoms with E-state index in [0.717, 1.165) is 5.56 Å². The number of anilines is 1. The maximum Gasteiger partial charge on any atom is 0.387 e. The number of nitrogens with zero attached hydrogens (tertiary/aromatic N) is 3. The van der Waals surface area contributed by atoms with Crippen molar-refractivity contribution in [2.75, 3.05) is 11.9 Å². The Bertz CT molecular complexity index is 1160. The first kappa shape index (κ1) is 20.5. The van der Waals surface area contributed by atoms with Crippen LogP contribution in [0.2, 0.25) is 0 Å². The number of pyridine rings is 1. The van der Waals surface area contributed by atoms with Crippen molar-refractivity contribution in [2.24, 2.45) is 0 Å². The molecule has 1 N–H and O–H groups in total. The molecule has 1 atom stereocenters. The topological polar surface area (TPSA) is 78.2 Å². The molecule has 1 unspecified atom stereocenters. The molecular formula is C22H17F3N4O2. The van der Waals surface area contributed by atoms with Crippen LogP contribution in [0.3, 0.4) is 0 Å². The number of hydrogen-bond acceptors (Lipinski definition) is 5. The van der Waals surface area contributed by atoms with Gasteiger partial charge in [-0.25, -0.2) is 4.39 Å². The number of amides is 1. The average Bonchev–Trinajstić information content (AvgIpc) is 3.09. The van der Waals surface area contributed by atoms with Crippen LogP contribution in [-0.4, -0.2) is 35.0 Å². The molecule has 0 aliphatic carbocycles. The first-order valence-electron chi connectivity index (χ1n) is 9.52. The van der Waals surface area contributed by atoms with Crippen LogP contribution in [0.4, 0.5) is 18.9 Å². The number of carbonyl (C=O) groups is 1. The van der Waals surface area contributed by atoms with E-state index in [4.69, 9.17) is 0 Å². The number of halogens is 3. The van der Waals surface area contributed by atoms with Gasteiger partial charge in [-0.3, -0.25) is 9.78 Å². The van der Waals surface area contributed by atoms with Gasteiger partial charge in [0.1, 0.15) is 23.7 Å². The standard InChI is InChI=1S/C22H17F3N4O2/c23-15-3-1-13(2-4-15)12-29-8-7-19(21(29)30)28-20-14(10-26)11-27-18-6-5-16(9-17(18)20)31-22(24)25/h1-6,9,11,19,22H,7-8,12H2,(H,27,28). The third-order valence-corrected chi connectivity index (χ3v) is 5.09. The molecule has 0 saturated carbocycles. The fourth-order valence-electron chi connectivity index (χ4n) is 3.60. The number of nitriles is 1. The Morgan fingerprint density at radius 2 is 2.03 bits per heavy atom. The van der Waals surface area contributed by atoms with E-state index >= 15 is 0 Å². The molecule has 6 nitrogen and oxygen atoms in total. The minimum absolute atomic E-state index is 0.0712. The largest absolute Gasteiger partial charge is 0.435 e. The monoisotopic (exact) mass is 426 g/mol. The lowest BCUT2D eigenvalue weighted by molar-refractivity contribution is -0.128. The molecule has 1 aliphatic heterocycles. The van der Waals surface area contributed by atoms with Crippen LogP contribution in [0.25, 0.3) is 10.9 Å². The number of carbonyl (C=O) groups excluding carboxylic acids is 1. The molecule has 1 aliphatic rings. The average molecular weight is 426 g/mol. The van der Waals surface area contributed by atoms with E-state index in [9.17, 15) is 23.2 Å². The highest BCUT2D eigenvalue weighted by molar-refractivity contribution is 5.97. The molecule has 4 rings (SSSR count). The van der Waals surface area contributed by atoms with Gasteiger partial charge < -0.3 is 15.0 Å². The third-order valence-electron chi connectivity index (χ3n) is 5.09. The fourth-order valence-corrected chi connectivity index (χ4v) is 3.60. The Hall–Kier alpha value is -3.80. The van der Waals surface area contributed by atoms with E-state index < -0.39 is 12.7 Å². The summed E-state index contributed by atoms with van der Waals surface area (Å²) in [4.78, 5) is 18.7. The quantitative estimate of drug-likeness (QED) is 0.643. The number of ether oxygens (including phenoxy) is 1. The van der Waals surface area contributed by atoms with Crippen molar-refractivity contribution in [1.82, 2.24) is 9.88 Å². The van der Waals surface area contributed by atoms with Gasteiger partial charge in [0.2, 0.25) is 5.91 Å². The molecule has 0 spiro atoms. The molecule has 1 amide bonds. The second-order valence-electron chi connectivity index (χ2n) is 7.09. The number of alkyl halides is 2. The zero-order valence-electron chi connectivity index (χ0n) is 16.2. The highest BCUT2D eigenvalue weighted by atomic mass is 19.3. The zero-order valence-corrected chi connectivity index (χ0v) is 16.2. The number of hydrogen-bond donors (Lipinski definition) is 1. The van der Waals surface area contributed by atoms with E-state index in [2.05, 4.69) is 15.0 Å². The number of benzene rings is 2. The number of aromatic nitrogens is 1. The predicted molar refractivity (Wildman–Crippen MR) is 107 cm³/mol. The van der Waals surface area contributed by atoms with Crippen LogP contribution >= 0.6 is 0 Å².